The van der Waals surface area contributed by atoms with Gasteiger partial charge < -0.3 is 15.1 Å². The third kappa shape index (κ3) is 9.24. The molecule has 0 saturated heterocycles. The lowest BCUT2D eigenvalue weighted by atomic mass is 10.2. The van der Waals surface area contributed by atoms with Crippen molar-refractivity contribution >= 4 is 78.8 Å². The lowest BCUT2D eigenvalue weighted by Gasteiger charge is -2.21. The third-order valence-corrected chi connectivity index (χ3v) is 8.92. The van der Waals surface area contributed by atoms with E-state index in [9.17, 15) is 22.8 Å². The minimum atomic E-state index is -4.02. The van der Waals surface area contributed by atoms with E-state index in [0.29, 0.717) is 26.5 Å². The monoisotopic (exact) mass is 719 g/mol. The number of anilines is 1. The van der Waals surface area contributed by atoms with Crippen molar-refractivity contribution in [3.05, 3.63) is 117 Å². The predicted molar refractivity (Wildman–Crippen MR) is 170 cm³/mol. The number of nitrogens with zero attached hydrogens (tertiary/aromatic N) is 2. The summed E-state index contributed by atoms with van der Waals surface area (Å²) in [6.45, 7) is -0.629. The average molecular weight is 721 g/mol. The SMILES string of the molecule is O=C(CN(Cc1ccccc1)S(=O)(=O)c1ccc(Br)cc1)N/N=C\c1ccc(CNC(=O)C(=O)Nc2ccc(Cl)c(Cl)c2)o1. The number of benzene rings is 3. The average Bonchev–Trinajstić information content (AvgIpc) is 3.45. The van der Waals surface area contributed by atoms with Crippen LogP contribution in [0.5, 0.6) is 0 Å². The van der Waals surface area contributed by atoms with Crippen molar-refractivity contribution in [2.45, 2.75) is 18.0 Å². The number of amides is 3. The Labute approximate surface area is 271 Å². The highest BCUT2D eigenvalue weighted by Crippen LogP contribution is 2.25. The highest BCUT2D eigenvalue weighted by Gasteiger charge is 2.27. The lowest BCUT2D eigenvalue weighted by Crippen LogP contribution is -2.39. The molecule has 0 aliphatic carbocycles. The van der Waals surface area contributed by atoms with Crippen molar-refractivity contribution < 1.29 is 27.2 Å². The van der Waals surface area contributed by atoms with Crippen LogP contribution in [-0.4, -0.2) is 43.2 Å². The van der Waals surface area contributed by atoms with Crippen molar-refractivity contribution in [1.82, 2.24) is 15.0 Å². The number of furan rings is 1. The minimum Gasteiger partial charge on any atom is -0.458 e. The topological polar surface area (TPSA) is 150 Å². The Kier molecular flexibility index (Phi) is 11.3. The molecule has 4 rings (SSSR count). The molecule has 0 unspecified atom stereocenters. The number of hydrogen-bond acceptors (Lipinski definition) is 7. The summed E-state index contributed by atoms with van der Waals surface area (Å²) in [7, 11) is -4.02. The number of nitrogens with one attached hydrogen (secondary N) is 3. The van der Waals surface area contributed by atoms with Crippen LogP contribution in [0.1, 0.15) is 17.1 Å². The fourth-order valence-electron chi connectivity index (χ4n) is 3.70. The van der Waals surface area contributed by atoms with Crippen LogP contribution in [0.2, 0.25) is 10.0 Å². The van der Waals surface area contributed by atoms with E-state index < -0.39 is 34.3 Å². The van der Waals surface area contributed by atoms with Gasteiger partial charge in [-0.15, -0.1) is 0 Å². The second kappa shape index (κ2) is 15.1. The molecule has 0 bridgehead atoms. The van der Waals surface area contributed by atoms with E-state index in [1.807, 2.05) is 6.07 Å². The van der Waals surface area contributed by atoms with E-state index in [4.69, 9.17) is 27.6 Å². The Morgan fingerprint density at radius 2 is 1.64 bits per heavy atom. The molecule has 15 heteroatoms. The summed E-state index contributed by atoms with van der Waals surface area (Å²) in [6, 6.07) is 22.5. The van der Waals surface area contributed by atoms with Gasteiger partial charge in [-0.25, -0.2) is 13.8 Å². The third-order valence-electron chi connectivity index (χ3n) is 5.84. The molecular weight excluding hydrogens is 697 g/mol. The number of hydrogen-bond donors (Lipinski definition) is 3. The van der Waals surface area contributed by atoms with Crippen molar-refractivity contribution in [2.75, 3.05) is 11.9 Å². The second-order valence-corrected chi connectivity index (χ2v) is 12.7. The molecule has 44 heavy (non-hydrogen) atoms. The van der Waals surface area contributed by atoms with Crippen LogP contribution in [0.4, 0.5) is 5.69 Å². The zero-order chi connectivity index (χ0) is 31.7. The van der Waals surface area contributed by atoms with Crippen molar-refractivity contribution in [3.63, 3.8) is 0 Å². The molecule has 1 heterocycles. The van der Waals surface area contributed by atoms with E-state index in [1.54, 1.807) is 42.5 Å². The first-order valence-corrected chi connectivity index (χ1v) is 15.7. The Morgan fingerprint density at radius 3 is 2.34 bits per heavy atom. The molecule has 0 radical (unpaired) electrons. The molecule has 0 spiro atoms. The summed E-state index contributed by atoms with van der Waals surface area (Å²) in [5, 5.41) is 9.21. The van der Waals surface area contributed by atoms with Crippen LogP contribution in [-0.2, 0) is 37.5 Å². The Bertz CT molecular complexity index is 1780. The highest BCUT2D eigenvalue weighted by molar-refractivity contribution is 9.10. The van der Waals surface area contributed by atoms with Gasteiger partial charge in [0.15, 0.2) is 0 Å². The second-order valence-electron chi connectivity index (χ2n) is 9.08. The van der Waals surface area contributed by atoms with Crippen LogP contribution in [0.15, 0.2) is 104 Å². The number of carbonyl (C=O) groups is 3. The maximum absolute atomic E-state index is 13.4. The molecule has 0 aliphatic rings. The first-order chi connectivity index (χ1) is 21.0. The molecule has 3 aromatic carbocycles. The normalized spacial score (nSPS) is 11.5. The van der Waals surface area contributed by atoms with Crippen LogP contribution in [0.25, 0.3) is 0 Å². The smallest absolute Gasteiger partial charge is 0.313 e. The maximum atomic E-state index is 13.4. The number of rotatable bonds is 11. The van der Waals surface area contributed by atoms with E-state index >= 15 is 0 Å². The number of halogens is 3. The molecular formula is C29H24BrCl2N5O6S. The standard InChI is InChI=1S/C29H24BrCl2N5O6S/c30-20-6-11-24(12-7-20)44(41,42)37(17-19-4-2-1-3-5-19)18-27(38)36-34-16-23-10-9-22(43-23)15-33-28(39)29(40)35-21-8-13-25(31)26(32)14-21/h1-14,16H,15,17-18H2,(H,33,39)(H,35,40)(H,36,38)/b34-16-. The predicted octanol–water partition coefficient (Wildman–Crippen LogP) is 4.95. The number of carbonyl (C=O) groups excluding carboxylic acids is 3. The lowest BCUT2D eigenvalue weighted by molar-refractivity contribution is -0.136. The summed E-state index contributed by atoms with van der Waals surface area (Å²) >= 11 is 15.0. The summed E-state index contributed by atoms with van der Waals surface area (Å²) in [5.41, 5.74) is 3.30. The fourth-order valence-corrected chi connectivity index (χ4v) is 5.65. The molecule has 4 aromatic rings. The zero-order valence-electron chi connectivity index (χ0n) is 22.7. The molecule has 0 aliphatic heterocycles. The molecule has 3 amide bonds. The van der Waals surface area contributed by atoms with Gasteiger partial charge in [0.1, 0.15) is 11.5 Å². The molecule has 3 N–H and O–H groups in total. The Balaban J connectivity index is 1.31. The number of sulfonamides is 1. The first kappa shape index (κ1) is 32.9. The molecule has 1 aromatic heterocycles. The zero-order valence-corrected chi connectivity index (χ0v) is 26.6. The largest absolute Gasteiger partial charge is 0.458 e. The van der Waals surface area contributed by atoms with Crippen molar-refractivity contribution in [1.29, 1.82) is 0 Å². The molecule has 0 atom stereocenters. The van der Waals surface area contributed by atoms with Crippen LogP contribution in [0, 0.1) is 0 Å². The maximum Gasteiger partial charge on any atom is 0.313 e. The van der Waals surface area contributed by atoms with Gasteiger partial charge in [0.25, 0.3) is 5.91 Å². The van der Waals surface area contributed by atoms with Gasteiger partial charge in [-0.3, -0.25) is 14.4 Å². The Hall–Kier alpha value is -4.01. The molecule has 0 saturated carbocycles. The molecule has 11 nitrogen and oxygen atoms in total. The summed E-state index contributed by atoms with van der Waals surface area (Å²) < 4.78 is 34.0. The summed E-state index contributed by atoms with van der Waals surface area (Å²) in [4.78, 5) is 37.0. The Morgan fingerprint density at radius 1 is 0.909 bits per heavy atom. The van der Waals surface area contributed by atoms with Gasteiger partial charge in [0.2, 0.25) is 10.0 Å². The van der Waals surface area contributed by atoms with Gasteiger partial charge in [-0.05, 0) is 60.2 Å². The van der Waals surface area contributed by atoms with Gasteiger partial charge >= 0.3 is 11.8 Å². The van der Waals surface area contributed by atoms with Crippen molar-refractivity contribution in [2.24, 2.45) is 5.10 Å². The summed E-state index contributed by atoms with van der Waals surface area (Å²) in [6.07, 6.45) is 1.21. The van der Waals surface area contributed by atoms with Gasteiger partial charge in [-0.2, -0.15) is 9.41 Å². The van der Waals surface area contributed by atoms with Crippen LogP contribution in [0.3, 0.4) is 0 Å². The first-order valence-electron chi connectivity index (χ1n) is 12.8. The number of hydrazone groups is 1. The fraction of sp³-hybridized carbons (Fsp3) is 0.103. The molecule has 228 valence electrons. The van der Waals surface area contributed by atoms with Gasteiger partial charge in [-0.1, -0.05) is 69.5 Å². The van der Waals surface area contributed by atoms with E-state index in [-0.39, 0.29) is 28.8 Å². The van der Waals surface area contributed by atoms with Gasteiger partial charge in [0.05, 0.1) is 34.2 Å². The van der Waals surface area contributed by atoms with Crippen molar-refractivity contribution in [3.8, 4) is 0 Å². The van der Waals surface area contributed by atoms with Crippen LogP contribution >= 0.6 is 39.1 Å². The quantitative estimate of drug-likeness (QED) is 0.113. The summed E-state index contributed by atoms with van der Waals surface area (Å²) in [5.74, 6) is -1.96. The van der Waals surface area contributed by atoms with E-state index in [0.717, 1.165) is 4.31 Å². The van der Waals surface area contributed by atoms with Crippen LogP contribution < -0.4 is 16.1 Å². The highest BCUT2D eigenvalue weighted by atomic mass is 79.9. The minimum absolute atomic E-state index is 0.0326. The van der Waals surface area contributed by atoms with Gasteiger partial charge in [0, 0.05) is 16.7 Å². The van der Waals surface area contributed by atoms with E-state index in [2.05, 4.69) is 37.1 Å². The van der Waals surface area contributed by atoms with E-state index in [1.165, 1.54) is 42.6 Å². The molecule has 0 fully saturated rings.